The first-order chi connectivity index (χ1) is 44.6. The van der Waals surface area contributed by atoms with Gasteiger partial charge in [-0.2, -0.15) is 0 Å². The fraction of sp³-hybridized carbons (Fsp3) is 0.945. The Balaban J connectivity index is 5.13. The maximum Gasteiger partial charge on any atom is 0.472 e. The number of hydrogen-bond acceptors (Lipinski definition) is 15. The van der Waals surface area contributed by atoms with Crippen LogP contribution in [0.25, 0.3) is 0 Å². The lowest BCUT2D eigenvalue weighted by Gasteiger charge is -2.21. The molecule has 0 aromatic rings. The highest BCUT2D eigenvalue weighted by Crippen LogP contribution is 2.45. The molecule has 0 aromatic heterocycles. The van der Waals surface area contributed by atoms with Crippen molar-refractivity contribution in [2.45, 2.75) is 400 Å². The Hall–Kier alpha value is -1.94. The molecule has 0 saturated carbocycles. The van der Waals surface area contributed by atoms with Crippen molar-refractivity contribution in [2.24, 2.45) is 5.92 Å². The van der Waals surface area contributed by atoms with E-state index in [4.69, 9.17) is 37.0 Å². The number of carbonyl (C=O) groups excluding carboxylic acids is 4. The third-order valence-corrected chi connectivity index (χ3v) is 19.3. The van der Waals surface area contributed by atoms with Crippen molar-refractivity contribution < 1.29 is 80.2 Å². The number of hydrogen-bond donors (Lipinski definition) is 3. The minimum Gasteiger partial charge on any atom is -0.462 e. The van der Waals surface area contributed by atoms with Gasteiger partial charge in [-0.15, -0.1) is 0 Å². The van der Waals surface area contributed by atoms with Crippen LogP contribution in [0.4, 0.5) is 0 Å². The van der Waals surface area contributed by atoms with Gasteiger partial charge in [0.15, 0.2) is 12.2 Å². The van der Waals surface area contributed by atoms with E-state index < -0.39 is 97.5 Å². The van der Waals surface area contributed by atoms with Crippen LogP contribution < -0.4 is 0 Å². The maximum absolute atomic E-state index is 13.1. The van der Waals surface area contributed by atoms with Gasteiger partial charge in [-0.05, 0) is 31.6 Å². The number of phosphoric ester groups is 2. The average molecular weight is 1350 g/mol. The molecule has 0 aromatic carbocycles. The van der Waals surface area contributed by atoms with Crippen molar-refractivity contribution in [1.29, 1.82) is 0 Å². The highest BCUT2D eigenvalue weighted by molar-refractivity contribution is 7.47. The Morgan fingerprint density at radius 2 is 0.522 bits per heavy atom. The molecule has 3 unspecified atom stereocenters. The zero-order valence-corrected chi connectivity index (χ0v) is 61.5. The third kappa shape index (κ3) is 65.4. The average Bonchev–Trinajstić information content (AvgIpc) is 1.94. The Kier molecular flexibility index (Phi) is 64.9. The predicted octanol–water partition coefficient (Wildman–Crippen LogP) is 21.3. The van der Waals surface area contributed by atoms with E-state index in [0.29, 0.717) is 25.7 Å². The normalized spacial score (nSPS) is 14.3. The molecule has 17 nitrogen and oxygen atoms in total. The van der Waals surface area contributed by atoms with Gasteiger partial charge in [0, 0.05) is 25.7 Å². The molecule has 0 saturated heterocycles. The number of esters is 4. The lowest BCUT2D eigenvalue weighted by atomic mass is 9.99. The summed E-state index contributed by atoms with van der Waals surface area (Å²) < 4.78 is 68.3. The Bertz CT molecular complexity index is 1770. The van der Waals surface area contributed by atoms with Gasteiger partial charge in [-0.1, -0.05) is 330 Å². The molecule has 92 heavy (non-hydrogen) atoms. The molecular formula is C73H142O17P2. The van der Waals surface area contributed by atoms with E-state index in [9.17, 15) is 43.2 Å². The summed E-state index contributed by atoms with van der Waals surface area (Å²) in [4.78, 5) is 72.5. The number of aliphatic hydroxyl groups excluding tert-OH is 1. The molecule has 546 valence electrons. The first kappa shape index (κ1) is 90.1. The zero-order chi connectivity index (χ0) is 67.7. The standard InChI is InChI=1S/C73H142O17P2/c1-6-10-13-16-19-22-24-25-26-27-28-29-30-31-32-33-34-35-37-44-49-54-59-73(78)90-69(63-84-71(76)57-52-47-42-39-38-40-45-50-55-66(5)9-4)65-88-92(81,82)86-61-67(74)60-85-91(79,80)87-64-68(62-83-70(75)56-51-46-41-21-18-15-12-8-3)89-72(77)58-53-48-43-36-23-20-17-14-11-7-2/h66-69,74H,6-65H2,1-5H3,(H,79,80)(H,81,82)/t66?,67-,68+,69+/m0/s1. The van der Waals surface area contributed by atoms with Crippen molar-refractivity contribution in [1.82, 2.24) is 0 Å². The highest BCUT2D eigenvalue weighted by atomic mass is 31.2. The van der Waals surface area contributed by atoms with E-state index >= 15 is 0 Å². The van der Waals surface area contributed by atoms with Crippen LogP contribution in [-0.2, 0) is 65.4 Å². The monoisotopic (exact) mass is 1350 g/mol. The fourth-order valence-electron chi connectivity index (χ4n) is 11.1. The summed E-state index contributed by atoms with van der Waals surface area (Å²) in [6.07, 6.45) is 54.3. The van der Waals surface area contributed by atoms with E-state index in [-0.39, 0.29) is 25.7 Å². The van der Waals surface area contributed by atoms with Crippen LogP contribution >= 0.6 is 15.6 Å². The fourth-order valence-corrected chi connectivity index (χ4v) is 12.7. The zero-order valence-electron chi connectivity index (χ0n) is 59.7. The maximum atomic E-state index is 13.1. The summed E-state index contributed by atoms with van der Waals surface area (Å²) in [7, 11) is -9.90. The van der Waals surface area contributed by atoms with Gasteiger partial charge >= 0.3 is 39.5 Å². The van der Waals surface area contributed by atoms with Gasteiger partial charge in [-0.3, -0.25) is 37.3 Å². The van der Waals surface area contributed by atoms with Crippen molar-refractivity contribution in [3.05, 3.63) is 0 Å². The summed E-state index contributed by atoms with van der Waals surface area (Å²) >= 11 is 0. The van der Waals surface area contributed by atoms with Gasteiger partial charge in [0.2, 0.25) is 0 Å². The quantitative estimate of drug-likeness (QED) is 0.0222. The molecule has 0 amide bonds. The summed E-state index contributed by atoms with van der Waals surface area (Å²) in [6, 6.07) is 0. The third-order valence-electron chi connectivity index (χ3n) is 17.4. The van der Waals surface area contributed by atoms with Crippen LogP contribution in [0.1, 0.15) is 381 Å². The molecule has 0 aliphatic rings. The van der Waals surface area contributed by atoms with Gasteiger partial charge in [0.25, 0.3) is 0 Å². The molecule has 0 bridgehead atoms. The molecule has 0 rings (SSSR count). The number of phosphoric acid groups is 2. The first-order valence-electron chi connectivity index (χ1n) is 38.2. The minimum absolute atomic E-state index is 0.106. The van der Waals surface area contributed by atoms with Crippen molar-refractivity contribution in [3.8, 4) is 0 Å². The second-order valence-electron chi connectivity index (χ2n) is 26.6. The predicted molar refractivity (Wildman–Crippen MR) is 372 cm³/mol. The lowest BCUT2D eigenvalue weighted by molar-refractivity contribution is -0.161. The summed E-state index contributed by atoms with van der Waals surface area (Å²) in [5, 5.41) is 10.6. The molecule has 3 N–H and O–H groups in total. The Labute approximate surface area is 562 Å². The Morgan fingerprint density at radius 1 is 0.304 bits per heavy atom. The van der Waals surface area contributed by atoms with Crippen molar-refractivity contribution in [3.63, 3.8) is 0 Å². The van der Waals surface area contributed by atoms with Crippen molar-refractivity contribution >= 4 is 39.5 Å². The number of rotatable bonds is 73. The first-order valence-corrected chi connectivity index (χ1v) is 41.2. The van der Waals surface area contributed by atoms with E-state index in [2.05, 4.69) is 34.6 Å². The van der Waals surface area contributed by atoms with Gasteiger partial charge < -0.3 is 33.8 Å². The van der Waals surface area contributed by atoms with E-state index in [1.165, 1.54) is 199 Å². The van der Waals surface area contributed by atoms with Crippen LogP contribution in [-0.4, -0.2) is 96.7 Å². The lowest BCUT2D eigenvalue weighted by Crippen LogP contribution is -2.30. The molecule has 19 heteroatoms. The number of ether oxygens (including phenoxy) is 4. The summed E-state index contributed by atoms with van der Waals surface area (Å²) in [5.74, 6) is -1.35. The molecule has 0 aliphatic carbocycles. The summed E-state index contributed by atoms with van der Waals surface area (Å²) in [5.41, 5.74) is 0. The molecule has 0 heterocycles. The van der Waals surface area contributed by atoms with Crippen LogP contribution in [0, 0.1) is 5.92 Å². The molecule has 0 radical (unpaired) electrons. The van der Waals surface area contributed by atoms with Gasteiger partial charge in [-0.25, -0.2) is 9.13 Å². The number of aliphatic hydroxyl groups is 1. The minimum atomic E-state index is -4.95. The molecule has 6 atom stereocenters. The largest absolute Gasteiger partial charge is 0.472 e. The van der Waals surface area contributed by atoms with E-state index in [1.807, 2.05) is 0 Å². The van der Waals surface area contributed by atoms with Crippen molar-refractivity contribution in [2.75, 3.05) is 39.6 Å². The Morgan fingerprint density at radius 3 is 0.772 bits per heavy atom. The van der Waals surface area contributed by atoms with Gasteiger partial charge in [0.1, 0.15) is 19.3 Å². The second kappa shape index (κ2) is 66.3. The van der Waals surface area contributed by atoms with Gasteiger partial charge in [0.05, 0.1) is 26.4 Å². The van der Waals surface area contributed by atoms with Crippen LogP contribution in [0.15, 0.2) is 0 Å². The molecule has 0 aliphatic heterocycles. The van der Waals surface area contributed by atoms with E-state index in [0.717, 1.165) is 102 Å². The van der Waals surface area contributed by atoms with E-state index in [1.54, 1.807) is 0 Å². The number of unbranched alkanes of at least 4 members (excludes halogenated alkanes) is 44. The van der Waals surface area contributed by atoms with Crippen LogP contribution in [0.5, 0.6) is 0 Å². The molecular weight excluding hydrogens is 1210 g/mol. The van der Waals surface area contributed by atoms with Crippen LogP contribution in [0.2, 0.25) is 0 Å². The molecule has 0 fully saturated rings. The highest BCUT2D eigenvalue weighted by Gasteiger charge is 2.30. The summed E-state index contributed by atoms with van der Waals surface area (Å²) in [6.45, 7) is 7.23. The topological polar surface area (TPSA) is 237 Å². The smallest absolute Gasteiger partial charge is 0.462 e. The number of carbonyl (C=O) groups is 4. The SMILES string of the molecule is CCCCCCCCCCCCCCCCCCCCCCCCC(=O)O[C@H](COC(=O)CCCCCCCCCCC(C)CC)COP(=O)(O)OC[C@@H](O)COP(=O)(O)OC[C@@H](COC(=O)CCCCCCCCCC)OC(=O)CCCCCCCCCCCC. The second-order valence-corrected chi connectivity index (χ2v) is 29.5. The van der Waals surface area contributed by atoms with Crippen LogP contribution in [0.3, 0.4) is 0 Å². The molecule has 0 spiro atoms.